The zero-order chi connectivity index (χ0) is 7.40. The van der Waals surface area contributed by atoms with E-state index in [1.807, 2.05) is 6.08 Å². The van der Waals surface area contributed by atoms with Crippen LogP contribution in [-0.2, 0) is 4.74 Å². The molecule has 0 radical (unpaired) electrons. The Kier molecular flexibility index (Phi) is 2.35. The smallest absolute Gasteiger partial charge is 0.124 e. The standard InChI is InChI=1S/C8H10O2/c1-2-3-8(9)7-4-5-10-6-7/h4-5,7-9H,6H2,1H3. The molecule has 1 heterocycles. The Morgan fingerprint density at radius 3 is 3.10 bits per heavy atom. The molecule has 2 unspecified atom stereocenters. The predicted molar refractivity (Wildman–Crippen MR) is 38.0 cm³/mol. The SMILES string of the molecule is CC#CC(O)C1C=COC1. The molecule has 0 bridgehead atoms. The van der Waals surface area contributed by atoms with Gasteiger partial charge in [0.25, 0.3) is 0 Å². The minimum atomic E-state index is -0.566. The molecular weight excluding hydrogens is 128 g/mol. The van der Waals surface area contributed by atoms with E-state index < -0.39 is 6.10 Å². The van der Waals surface area contributed by atoms with Gasteiger partial charge < -0.3 is 9.84 Å². The number of aliphatic hydroxyl groups is 1. The molecule has 0 amide bonds. The van der Waals surface area contributed by atoms with Crippen LogP contribution in [0.15, 0.2) is 12.3 Å². The number of aliphatic hydroxyl groups excluding tert-OH is 1. The summed E-state index contributed by atoms with van der Waals surface area (Å²) >= 11 is 0. The highest BCUT2D eigenvalue weighted by Gasteiger charge is 2.17. The Bertz CT molecular complexity index is 185. The largest absolute Gasteiger partial charge is 0.501 e. The molecule has 1 rings (SSSR count). The van der Waals surface area contributed by atoms with Gasteiger partial charge in [0.05, 0.1) is 18.8 Å². The predicted octanol–water partition coefficient (Wildman–Crippen LogP) is 0.531. The van der Waals surface area contributed by atoms with Crippen LogP contribution in [0.2, 0.25) is 0 Å². The van der Waals surface area contributed by atoms with Crippen molar-refractivity contribution in [1.82, 2.24) is 0 Å². The maximum absolute atomic E-state index is 9.24. The summed E-state index contributed by atoms with van der Waals surface area (Å²) in [5, 5.41) is 9.24. The number of rotatable bonds is 1. The highest BCUT2D eigenvalue weighted by molar-refractivity contribution is 5.09. The van der Waals surface area contributed by atoms with Gasteiger partial charge in [-0.1, -0.05) is 5.92 Å². The third-order valence-electron chi connectivity index (χ3n) is 1.41. The Morgan fingerprint density at radius 2 is 2.60 bits per heavy atom. The quantitative estimate of drug-likeness (QED) is 0.535. The summed E-state index contributed by atoms with van der Waals surface area (Å²) in [6.07, 6.45) is 2.86. The molecule has 0 aromatic heterocycles. The summed E-state index contributed by atoms with van der Waals surface area (Å²) in [6.45, 7) is 2.26. The van der Waals surface area contributed by atoms with Crippen LogP contribution in [0.1, 0.15) is 6.92 Å². The molecule has 54 valence electrons. The molecule has 0 aliphatic carbocycles. The van der Waals surface area contributed by atoms with Gasteiger partial charge in [-0.25, -0.2) is 0 Å². The van der Waals surface area contributed by atoms with Crippen LogP contribution in [0.3, 0.4) is 0 Å². The van der Waals surface area contributed by atoms with Crippen LogP contribution in [0, 0.1) is 17.8 Å². The summed E-state index contributed by atoms with van der Waals surface area (Å²) in [7, 11) is 0. The van der Waals surface area contributed by atoms with Crippen molar-refractivity contribution < 1.29 is 9.84 Å². The van der Waals surface area contributed by atoms with Gasteiger partial charge in [0.15, 0.2) is 0 Å². The van der Waals surface area contributed by atoms with E-state index in [1.165, 1.54) is 0 Å². The molecule has 0 saturated heterocycles. The normalized spacial score (nSPS) is 24.8. The molecule has 0 aromatic rings. The lowest BCUT2D eigenvalue weighted by molar-refractivity contribution is 0.145. The molecule has 2 heteroatoms. The lowest BCUT2D eigenvalue weighted by Crippen LogP contribution is -2.17. The molecule has 1 aliphatic heterocycles. The molecular formula is C8H10O2. The molecule has 0 saturated carbocycles. The minimum absolute atomic E-state index is 0.0625. The first-order chi connectivity index (χ1) is 4.84. The fourth-order valence-electron chi connectivity index (χ4n) is 0.830. The van der Waals surface area contributed by atoms with Crippen LogP contribution >= 0.6 is 0 Å². The first kappa shape index (κ1) is 7.17. The molecule has 2 atom stereocenters. The van der Waals surface area contributed by atoms with E-state index in [2.05, 4.69) is 11.8 Å². The summed E-state index contributed by atoms with van der Waals surface area (Å²) in [4.78, 5) is 0. The molecule has 0 spiro atoms. The Hall–Kier alpha value is -0.940. The monoisotopic (exact) mass is 138 g/mol. The van der Waals surface area contributed by atoms with E-state index in [9.17, 15) is 5.11 Å². The van der Waals surface area contributed by atoms with E-state index in [-0.39, 0.29) is 5.92 Å². The topological polar surface area (TPSA) is 29.5 Å². The second-order valence-electron chi connectivity index (χ2n) is 2.16. The molecule has 10 heavy (non-hydrogen) atoms. The summed E-state index contributed by atoms with van der Waals surface area (Å²) in [6, 6.07) is 0. The van der Waals surface area contributed by atoms with E-state index in [1.54, 1.807) is 13.2 Å². The average Bonchev–Trinajstić information content (AvgIpc) is 2.38. The van der Waals surface area contributed by atoms with E-state index in [0.717, 1.165) is 0 Å². The maximum Gasteiger partial charge on any atom is 0.124 e. The second-order valence-corrected chi connectivity index (χ2v) is 2.16. The van der Waals surface area contributed by atoms with Crippen molar-refractivity contribution in [2.45, 2.75) is 13.0 Å². The summed E-state index contributed by atoms with van der Waals surface area (Å²) in [5.74, 6) is 5.38. The van der Waals surface area contributed by atoms with Crippen molar-refractivity contribution in [2.24, 2.45) is 5.92 Å². The number of hydrogen-bond donors (Lipinski definition) is 1. The fraction of sp³-hybridized carbons (Fsp3) is 0.500. The van der Waals surface area contributed by atoms with Gasteiger partial charge in [-0.2, -0.15) is 0 Å². The van der Waals surface area contributed by atoms with Gasteiger partial charge >= 0.3 is 0 Å². The molecule has 0 aromatic carbocycles. The Labute approximate surface area is 60.5 Å². The third-order valence-corrected chi connectivity index (χ3v) is 1.41. The lowest BCUT2D eigenvalue weighted by atomic mass is 10.1. The molecule has 2 nitrogen and oxygen atoms in total. The van der Waals surface area contributed by atoms with Crippen molar-refractivity contribution in [3.8, 4) is 11.8 Å². The van der Waals surface area contributed by atoms with Gasteiger partial charge in [-0.3, -0.25) is 0 Å². The third kappa shape index (κ3) is 1.52. The van der Waals surface area contributed by atoms with Crippen molar-refractivity contribution >= 4 is 0 Å². The molecule has 0 fully saturated rings. The fourth-order valence-corrected chi connectivity index (χ4v) is 0.830. The van der Waals surface area contributed by atoms with Crippen molar-refractivity contribution in [3.63, 3.8) is 0 Å². The number of hydrogen-bond acceptors (Lipinski definition) is 2. The van der Waals surface area contributed by atoms with Crippen LogP contribution in [0.4, 0.5) is 0 Å². The van der Waals surface area contributed by atoms with Crippen molar-refractivity contribution in [2.75, 3.05) is 6.61 Å². The van der Waals surface area contributed by atoms with E-state index >= 15 is 0 Å². The van der Waals surface area contributed by atoms with E-state index in [4.69, 9.17) is 4.74 Å². The summed E-state index contributed by atoms with van der Waals surface area (Å²) < 4.78 is 4.92. The first-order valence-corrected chi connectivity index (χ1v) is 3.23. The van der Waals surface area contributed by atoms with Crippen molar-refractivity contribution in [3.05, 3.63) is 12.3 Å². The lowest BCUT2D eigenvalue weighted by Gasteiger charge is -2.07. The van der Waals surface area contributed by atoms with Gasteiger partial charge in [0.2, 0.25) is 0 Å². The van der Waals surface area contributed by atoms with E-state index in [0.29, 0.717) is 6.61 Å². The van der Waals surface area contributed by atoms with Gasteiger partial charge in [0, 0.05) is 0 Å². The molecule has 1 aliphatic rings. The first-order valence-electron chi connectivity index (χ1n) is 3.23. The van der Waals surface area contributed by atoms with Crippen LogP contribution in [0.5, 0.6) is 0 Å². The highest BCUT2D eigenvalue weighted by atomic mass is 16.5. The second kappa shape index (κ2) is 3.28. The average molecular weight is 138 g/mol. The number of ether oxygens (including phenoxy) is 1. The van der Waals surface area contributed by atoms with Gasteiger partial charge in [-0.15, -0.1) is 5.92 Å². The summed E-state index contributed by atoms with van der Waals surface area (Å²) in [5.41, 5.74) is 0. The zero-order valence-electron chi connectivity index (χ0n) is 5.87. The van der Waals surface area contributed by atoms with Crippen LogP contribution in [0.25, 0.3) is 0 Å². The molecule has 1 N–H and O–H groups in total. The maximum atomic E-state index is 9.24. The minimum Gasteiger partial charge on any atom is -0.501 e. The Morgan fingerprint density at radius 1 is 1.80 bits per heavy atom. The van der Waals surface area contributed by atoms with Gasteiger partial charge in [0.1, 0.15) is 6.10 Å². The Balaban J connectivity index is 2.45. The van der Waals surface area contributed by atoms with Gasteiger partial charge in [-0.05, 0) is 13.0 Å². The zero-order valence-corrected chi connectivity index (χ0v) is 5.87. The van der Waals surface area contributed by atoms with Crippen molar-refractivity contribution in [1.29, 1.82) is 0 Å². The highest BCUT2D eigenvalue weighted by Crippen LogP contribution is 2.11. The van der Waals surface area contributed by atoms with Crippen LogP contribution in [-0.4, -0.2) is 17.8 Å². The van der Waals surface area contributed by atoms with Crippen LogP contribution < -0.4 is 0 Å².